The minimum atomic E-state index is -0.517. The Kier molecular flexibility index (Phi) is 4.94. The summed E-state index contributed by atoms with van der Waals surface area (Å²) in [4.78, 5) is 0. The number of rotatable bonds is 6. The highest BCUT2D eigenvalue weighted by Crippen LogP contribution is 2.52. The first-order valence-corrected chi connectivity index (χ1v) is 10.3. The van der Waals surface area contributed by atoms with E-state index >= 15 is 0 Å². The summed E-state index contributed by atoms with van der Waals surface area (Å²) >= 11 is 0. The topological polar surface area (TPSA) is 65.7 Å². The molecule has 31 heavy (non-hydrogen) atoms. The van der Waals surface area contributed by atoms with E-state index in [0.29, 0.717) is 24.5 Å². The number of furan rings is 1. The van der Waals surface area contributed by atoms with Crippen molar-refractivity contribution in [1.29, 1.82) is 0 Å². The highest BCUT2D eigenvalue weighted by Gasteiger charge is 2.43. The fourth-order valence-electron chi connectivity index (χ4n) is 4.18. The quantitative estimate of drug-likeness (QED) is 0.563. The first kappa shape index (κ1) is 19.4. The number of hydrazone groups is 1. The van der Waals surface area contributed by atoms with E-state index in [-0.39, 0.29) is 6.04 Å². The molecule has 160 valence electrons. The van der Waals surface area contributed by atoms with Gasteiger partial charge in [0.25, 0.3) is 0 Å². The summed E-state index contributed by atoms with van der Waals surface area (Å²) in [5, 5.41) is 6.89. The van der Waals surface area contributed by atoms with Crippen LogP contribution < -0.4 is 18.9 Å². The van der Waals surface area contributed by atoms with Crippen molar-refractivity contribution < 1.29 is 23.4 Å². The summed E-state index contributed by atoms with van der Waals surface area (Å²) in [5.41, 5.74) is 2.74. The number of nitrogens with zero attached hydrogens (tertiary/aromatic N) is 2. The molecule has 0 unspecified atom stereocenters. The van der Waals surface area contributed by atoms with E-state index < -0.39 is 6.23 Å². The maximum atomic E-state index is 6.55. The highest BCUT2D eigenvalue weighted by molar-refractivity contribution is 5.99. The maximum absolute atomic E-state index is 6.55. The molecule has 2 atom stereocenters. The van der Waals surface area contributed by atoms with Crippen molar-refractivity contribution in [2.24, 2.45) is 5.10 Å². The molecule has 0 saturated carbocycles. The van der Waals surface area contributed by atoms with Gasteiger partial charge >= 0.3 is 0 Å². The van der Waals surface area contributed by atoms with Crippen LogP contribution in [-0.4, -0.2) is 31.5 Å². The van der Waals surface area contributed by atoms with Crippen LogP contribution in [0.3, 0.4) is 0 Å². The van der Waals surface area contributed by atoms with E-state index in [9.17, 15) is 0 Å². The molecule has 0 bridgehead atoms. The lowest BCUT2D eigenvalue weighted by molar-refractivity contribution is -0.0226. The van der Waals surface area contributed by atoms with Crippen LogP contribution in [0.4, 0.5) is 0 Å². The molecular weight excluding hydrogens is 396 g/mol. The zero-order chi connectivity index (χ0) is 21.4. The minimum Gasteiger partial charge on any atom is -0.497 e. The molecule has 0 amide bonds. The second-order valence-electron chi connectivity index (χ2n) is 7.31. The Morgan fingerprint density at radius 2 is 1.94 bits per heavy atom. The van der Waals surface area contributed by atoms with Gasteiger partial charge in [-0.05, 0) is 43.3 Å². The summed E-state index contributed by atoms with van der Waals surface area (Å²) in [6.07, 6.45) is 1.84. The SMILES string of the molecule is CCOc1cccc2c1O[C@H](c1cc(OC)ccc1OC)N1N=C(c3ccco3)C[C@H]21. The number of fused-ring (bicyclic) bond motifs is 3. The Morgan fingerprint density at radius 3 is 2.68 bits per heavy atom. The molecule has 2 aliphatic heterocycles. The van der Waals surface area contributed by atoms with E-state index in [1.807, 2.05) is 54.4 Å². The average molecular weight is 420 g/mol. The van der Waals surface area contributed by atoms with Crippen molar-refractivity contribution in [2.75, 3.05) is 20.8 Å². The van der Waals surface area contributed by atoms with Crippen LogP contribution in [-0.2, 0) is 0 Å². The molecule has 0 aliphatic carbocycles. The van der Waals surface area contributed by atoms with Gasteiger partial charge in [0.2, 0.25) is 6.23 Å². The molecule has 3 heterocycles. The van der Waals surface area contributed by atoms with Crippen LogP contribution in [0.5, 0.6) is 23.0 Å². The van der Waals surface area contributed by atoms with E-state index in [2.05, 4.69) is 6.07 Å². The van der Waals surface area contributed by atoms with Crippen LogP contribution in [0.2, 0.25) is 0 Å². The van der Waals surface area contributed by atoms with E-state index in [0.717, 1.165) is 34.1 Å². The Balaban J connectivity index is 1.66. The van der Waals surface area contributed by atoms with Gasteiger partial charge in [-0.3, -0.25) is 0 Å². The van der Waals surface area contributed by atoms with Crippen molar-refractivity contribution in [3.05, 3.63) is 71.7 Å². The maximum Gasteiger partial charge on any atom is 0.217 e. The van der Waals surface area contributed by atoms with Gasteiger partial charge in [-0.2, -0.15) is 5.10 Å². The van der Waals surface area contributed by atoms with Gasteiger partial charge in [0.15, 0.2) is 11.5 Å². The van der Waals surface area contributed by atoms with Gasteiger partial charge in [0.1, 0.15) is 23.0 Å². The third-order valence-electron chi connectivity index (χ3n) is 5.59. The third kappa shape index (κ3) is 3.26. The van der Waals surface area contributed by atoms with Crippen molar-refractivity contribution in [2.45, 2.75) is 25.6 Å². The van der Waals surface area contributed by atoms with Gasteiger partial charge in [0.05, 0.1) is 38.7 Å². The van der Waals surface area contributed by atoms with Crippen LogP contribution in [0.15, 0.2) is 64.3 Å². The molecule has 1 aromatic heterocycles. The molecule has 5 rings (SSSR count). The Morgan fingerprint density at radius 1 is 1.03 bits per heavy atom. The molecule has 0 saturated heterocycles. The van der Waals surface area contributed by atoms with Crippen LogP contribution in [0.25, 0.3) is 0 Å². The Hall–Kier alpha value is -3.61. The number of benzene rings is 2. The average Bonchev–Trinajstić information content (AvgIpc) is 3.49. The Bertz CT molecular complexity index is 1110. The minimum absolute atomic E-state index is 0.0230. The molecule has 3 aromatic rings. The number of para-hydroxylation sites is 1. The predicted octanol–water partition coefficient (Wildman–Crippen LogP) is 4.94. The fourth-order valence-corrected chi connectivity index (χ4v) is 4.18. The van der Waals surface area contributed by atoms with Gasteiger partial charge in [0, 0.05) is 12.0 Å². The lowest BCUT2D eigenvalue weighted by Crippen LogP contribution is -2.34. The summed E-state index contributed by atoms with van der Waals surface area (Å²) in [6, 6.07) is 15.4. The largest absolute Gasteiger partial charge is 0.497 e. The standard InChI is InChI=1S/C24H24N2O5/c1-4-29-22-8-5-7-16-19-14-18(21-9-6-12-30-21)25-26(19)24(31-23(16)22)17-13-15(27-2)10-11-20(17)28-3/h5-13,19,24H,4,14H2,1-3H3/t19-,24-/m1/s1. The van der Waals surface area contributed by atoms with Crippen molar-refractivity contribution >= 4 is 5.71 Å². The summed E-state index contributed by atoms with van der Waals surface area (Å²) < 4.78 is 29.2. The number of methoxy groups -OCH3 is 2. The van der Waals surface area contributed by atoms with Crippen molar-refractivity contribution in [3.63, 3.8) is 0 Å². The first-order valence-electron chi connectivity index (χ1n) is 10.3. The van der Waals surface area contributed by atoms with Crippen LogP contribution in [0, 0.1) is 0 Å². The lowest BCUT2D eigenvalue weighted by atomic mass is 9.97. The van der Waals surface area contributed by atoms with Gasteiger partial charge in [-0.15, -0.1) is 0 Å². The number of ether oxygens (including phenoxy) is 4. The molecule has 0 radical (unpaired) electrons. The fraction of sp³-hybridized carbons (Fsp3) is 0.292. The van der Waals surface area contributed by atoms with Crippen molar-refractivity contribution in [3.8, 4) is 23.0 Å². The predicted molar refractivity (Wildman–Crippen MR) is 115 cm³/mol. The molecule has 7 nitrogen and oxygen atoms in total. The highest BCUT2D eigenvalue weighted by atomic mass is 16.5. The molecule has 0 N–H and O–H groups in total. The third-order valence-corrected chi connectivity index (χ3v) is 5.59. The summed E-state index contributed by atoms with van der Waals surface area (Å²) in [7, 11) is 3.29. The number of hydrogen-bond donors (Lipinski definition) is 0. The molecule has 2 aromatic carbocycles. The summed E-state index contributed by atoms with van der Waals surface area (Å²) in [5.74, 6) is 3.63. The summed E-state index contributed by atoms with van der Waals surface area (Å²) in [6.45, 7) is 2.51. The normalized spacial score (nSPS) is 19.2. The zero-order valence-electron chi connectivity index (χ0n) is 17.7. The van der Waals surface area contributed by atoms with Crippen LogP contribution in [0.1, 0.15) is 42.5 Å². The molecule has 0 fully saturated rings. The lowest BCUT2D eigenvalue weighted by Gasteiger charge is -2.39. The molecular formula is C24H24N2O5. The van der Waals surface area contributed by atoms with Crippen LogP contribution >= 0.6 is 0 Å². The van der Waals surface area contributed by atoms with Crippen molar-refractivity contribution in [1.82, 2.24) is 5.01 Å². The van der Waals surface area contributed by atoms with E-state index in [1.54, 1.807) is 20.5 Å². The molecule has 7 heteroatoms. The molecule has 0 spiro atoms. The van der Waals surface area contributed by atoms with E-state index in [4.69, 9.17) is 28.5 Å². The van der Waals surface area contributed by atoms with E-state index in [1.165, 1.54) is 0 Å². The second-order valence-corrected chi connectivity index (χ2v) is 7.31. The zero-order valence-corrected chi connectivity index (χ0v) is 17.7. The smallest absolute Gasteiger partial charge is 0.217 e. The Labute approximate surface area is 180 Å². The molecule has 2 aliphatic rings. The first-order chi connectivity index (χ1) is 15.2. The van der Waals surface area contributed by atoms with Gasteiger partial charge < -0.3 is 23.4 Å². The second kappa shape index (κ2) is 7.91. The van der Waals surface area contributed by atoms with Gasteiger partial charge in [-0.1, -0.05) is 12.1 Å². The monoisotopic (exact) mass is 420 g/mol. The number of hydrogen-bond acceptors (Lipinski definition) is 7. The van der Waals surface area contributed by atoms with Gasteiger partial charge in [-0.25, -0.2) is 5.01 Å².